The van der Waals surface area contributed by atoms with Gasteiger partial charge in [0.1, 0.15) is 12.0 Å². The predicted octanol–water partition coefficient (Wildman–Crippen LogP) is 2.94. The molecule has 0 saturated carbocycles. The molecule has 0 aliphatic carbocycles. The highest BCUT2D eigenvalue weighted by atomic mass is 32.2. The summed E-state index contributed by atoms with van der Waals surface area (Å²) in [6.07, 6.45) is 7.49. The zero-order valence-electron chi connectivity index (χ0n) is 22.8. The van der Waals surface area contributed by atoms with Crippen molar-refractivity contribution in [3.05, 3.63) is 83.2 Å². The lowest BCUT2D eigenvalue weighted by molar-refractivity contribution is 0.358. The fraction of sp³-hybridized carbons (Fsp3) is 0.231. The van der Waals surface area contributed by atoms with Crippen molar-refractivity contribution in [1.82, 2.24) is 32.6 Å². The van der Waals surface area contributed by atoms with E-state index in [9.17, 15) is 9.35 Å². The number of rotatable bonds is 9. The summed E-state index contributed by atoms with van der Waals surface area (Å²) in [6.45, 7) is -0.237. The second kappa shape index (κ2) is 11.2. The summed E-state index contributed by atoms with van der Waals surface area (Å²) in [6, 6.07) is 5.73. The topological polar surface area (TPSA) is 119 Å². The number of fused-ring (bicyclic) bond motifs is 1. The second-order valence-corrected chi connectivity index (χ2v) is 10.6. The number of hydrogen-bond donors (Lipinski definition) is 0. The highest BCUT2D eigenvalue weighted by molar-refractivity contribution is 7.87. The van der Waals surface area contributed by atoms with Gasteiger partial charge >= 0.3 is 0 Å². The van der Waals surface area contributed by atoms with Gasteiger partial charge in [-0.2, -0.15) is 5.10 Å². The van der Waals surface area contributed by atoms with E-state index in [0.717, 1.165) is 6.07 Å². The minimum absolute atomic E-state index is 0.190. The van der Waals surface area contributed by atoms with Crippen molar-refractivity contribution in [2.24, 2.45) is 7.05 Å². The van der Waals surface area contributed by atoms with E-state index in [1.54, 1.807) is 44.2 Å². The summed E-state index contributed by atoms with van der Waals surface area (Å²) in [7, 11) is 7.46. The van der Waals surface area contributed by atoms with Crippen LogP contribution < -0.4 is 19.9 Å². The summed E-state index contributed by atoms with van der Waals surface area (Å²) in [4.78, 5) is 23.5. The molecule has 0 aliphatic heterocycles. The Morgan fingerprint density at radius 3 is 2.39 bits per heavy atom. The van der Waals surface area contributed by atoms with Crippen molar-refractivity contribution in [3.8, 4) is 17.2 Å². The number of hydrogen-bond acceptors (Lipinski definition) is 9. The molecule has 0 N–H and O–H groups in total. The molecule has 0 bridgehead atoms. The third kappa shape index (κ3) is 5.10. The second-order valence-electron chi connectivity index (χ2n) is 9.05. The monoisotopic (exact) mass is 584 g/mol. The van der Waals surface area contributed by atoms with Crippen molar-refractivity contribution >= 4 is 33.8 Å². The van der Waals surface area contributed by atoms with Crippen LogP contribution in [0.4, 0.5) is 20.2 Å². The Balaban J connectivity index is 1.74. The van der Waals surface area contributed by atoms with Crippen molar-refractivity contribution in [3.63, 3.8) is 0 Å². The zero-order valence-corrected chi connectivity index (χ0v) is 23.6. The lowest BCUT2D eigenvalue weighted by atomic mass is 10.1. The number of imidazole rings is 1. The van der Waals surface area contributed by atoms with Crippen LogP contribution in [0.1, 0.15) is 5.82 Å². The van der Waals surface area contributed by atoms with E-state index < -0.39 is 34.4 Å². The van der Waals surface area contributed by atoms with E-state index in [0.29, 0.717) is 11.2 Å². The minimum atomic E-state index is -1.66. The van der Waals surface area contributed by atoms with Gasteiger partial charge in [0.25, 0.3) is 5.56 Å². The SMILES string of the molecule is COc1cc(OC)c(F)c(N(Cc2nccn2[S+]([O-])N(C)C)c2ccc3ncn(-c4cnn(C)c4)c(=O)c3c2)c1F. The van der Waals surface area contributed by atoms with Gasteiger partial charge in [-0.05, 0) is 18.2 Å². The molecule has 12 nitrogen and oxygen atoms in total. The summed E-state index contributed by atoms with van der Waals surface area (Å²) in [5.41, 5.74) is 0.181. The summed E-state index contributed by atoms with van der Waals surface area (Å²) in [5.74, 6) is -2.29. The van der Waals surface area contributed by atoms with Gasteiger partial charge in [0.15, 0.2) is 40.5 Å². The Labute approximate surface area is 236 Å². The number of nitrogens with zero attached hydrogens (tertiary/aromatic N) is 8. The molecule has 0 fully saturated rings. The Kier molecular flexibility index (Phi) is 7.66. The highest BCUT2D eigenvalue weighted by Gasteiger charge is 2.29. The molecule has 3 heterocycles. The standard InChI is InChI=1S/C26H26F2N8O4S/c1-32(2)41(38)36-9-8-29-22(36)14-34(25-23(27)20(39-4)11-21(40-5)24(25)28)16-6-7-19-18(10-16)26(37)35(15-30-19)17-12-31-33(3)13-17/h6-13,15H,14H2,1-5H3. The third-order valence-corrected chi connectivity index (χ3v) is 7.60. The van der Waals surface area contributed by atoms with Gasteiger partial charge in [-0.1, -0.05) is 0 Å². The molecule has 0 saturated heterocycles. The lowest BCUT2D eigenvalue weighted by Crippen LogP contribution is -2.31. The largest absolute Gasteiger partial charge is 0.573 e. The number of aromatic nitrogens is 6. The molecule has 0 amide bonds. The van der Waals surface area contributed by atoms with Crippen molar-refractivity contribution < 1.29 is 22.8 Å². The number of benzene rings is 2. The van der Waals surface area contributed by atoms with E-state index in [1.165, 1.54) is 62.9 Å². The fourth-order valence-corrected chi connectivity index (χ4v) is 5.09. The molecule has 0 radical (unpaired) electrons. The number of halogens is 2. The molecule has 41 heavy (non-hydrogen) atoms. The average molecular weight is 585 g/mol. The third-order valence-electron chi connectivity index (χ3n) is 6.30. The summed E-state index contributed by atoms with van der Waals surface area (Å²) >= 11 is -1.66. The average Bonchev–Trinajstić information content (AvgIpc) is 3.61. The van der Waals surface area contributed by atoms with E-state index in [-0.39, 0.29) is 34.9 Å². The van der Waals surface area contributed by atoms with Crippen LogP contribution >= 0.6 is 0 Å². The van der Waals surface area contributed by atoms with Gasteiger partial charge in [0.05, 0.1) is 55.9 Å². The van der Waals surface area contributed by atoms with Gasteiger partial charge in [-0.25, -0.2) is 18.7 Å². The van der Waals surface area contributed by atoms with Crippen molar-refractivity contribution in [2.75, 3.05) is 33.2 Å². The van der Waals surface area contributed by atoms with E-state index in [4.69, 9.17) is 9.47 Å². The lowest BCUT2D eigenvalue weighted by Gasteiger charge is -2.27. The van der Waals surface area contributed by atoms with Crippen LogP contribution in [0.15, 0.2) is 60.2 Å². The smallest absolute Gasteiger partial charge is 0.265 e. The van der Waals surface area contributed by atoms with E-state index in [1.807, 2.05) is 0 Å². The van der Waals surface area contributed by atoms with Gasteiger partial charge in [0.2, 0.25) is 0 Å². The molecule has 2 aromatic carbocycles. The molecule has 15 heteroatoms. The Morgan fingerprint density at radius 2 is 1.78 bits per heavy atom. The molecule has 0 spiro atoms. The van der Waals surface area contributed by atoms with Gasteiger partial charge in [-0.3, -0.25) is 14.0 Å². The molecule has 1 unspecified atom stereocenters. The number of anilines is 2. The maximum atomic E-state index is 15.8. The normalized spacial score (nSPS) is 12.2. The van der Waals surface area contributed by atoms with Crippen LogP contribution in [-0.4, -0.2) is 65.5 Å². The Hall–Kier alpha value is -4.47. The number of aryl methyl sites for hydroxylation is 1. The van der Waals surface area contributed by atoms with Crippen LogP contribution in [-0.2, 0) is 25.1 Å². The Morgan fingerprint density at radius 1 is 1.07 bits per heavy atom. The van der Waals surface area contributed by atoms with Crippen molar-refractivity contribution in [2.45, 2.75) is 6.54 Å². The quantitative estimate of drug-likeness (QED) is 0.241. The maximum absolute atomic E-state index is 15.8. The number of ether oxygens (including phenoxy) is 2. The van der Waals surface area contributed by atoms with Crippen LogP contribution in [0.5, 0.6) is 11.5 Å². The predicted molar refractivity (Wildman–Crippen MR) is 149 cm³/mol. The Bertz CT molecular complexity index is 1760. The number of methoxy groups -OCH3 is 2. The van der Waals surface area contributed by atoms with Gasteiger partial charge < -0.3 is 18.9 Å². The van der Waals surface area contributed by atoms with E-state index >= 15 is 8.78 Å². The molecular formula is C26H26F2N8O4S. The molecule has 5 rings (SSSR count). The first-order valence-electron chi connectivity index (χ1n) is 12.1. The van der Waals surface area contributed by atoms with E-state index in [2.05, 4.69) is 15.1 Å². The van der Waals surface area contributed by atoms with Crippen LogP contribution in [0.25, 0.3) is 16.6 Å². The molecule has 0 aliphatic rings. The van der Waals surface area contributed by atoms with Crippen molar-refractivity contribution in [1.29, 1.82) is 0 Å². The molecular weight excluding hydrogens is 558 g/mol. The molecule has 3 aromatic heterocycles. The first-order valence-corrected chi connectivity index (χ1v) is 13.2. The van der Waals surface area contributed by atoms with Gasteiger partial charge in [0, 0.05) is 39.1 Å². The van der Waals surface area contributed by atoms with Gasteiger partial charge in [-0.15, -0.1) is 8.28 Å². The van der Waals surface area contributed by atoms with Crippen LogP contribution in [0, 0.1) is 11.6 Å². The molecule has 5 aromatic rings. The first kappa shape index (κ1) is 28.1. The minimum Gasteiger partial charge on any atom is -0.573 e. The van der Waals surface area contributed by atoms with Crippen LogP contribution in [0.2, 0.25) is 0 Å². The highest BCUT2D eigenvalue weighted by Crippen LogP contribution is 2.41. The maximum Gasteiger partial charge on any atom is 0.265 e. The first-order chi connectivity index (χ1) is 19.6. The fourth-order valence-electron chi connectivity index (χ4n) is 4.30. The summed E-state index contributed by atoms with van der Waals surface area (Å²) in [5, 5.41) is 4.29. The molecule has 1 atom stereocenters. The zero-order chi connectivity index (χ0) is 29.4. The molecule has 214 valence electrons. The summed E-state index contributed by atoms with van der Waals surface area (Å²) < 4.78 is 60.6. The van der Waals surface area contributed by atoms with Crippen LogP contribution in [0.3, 0.4) is 0 Å².